The molecule has 0 fully saturated rings. The van der Waals surface area contributed by atoms with Gasteiger partial charge in [-0.05, 0) is 61.9 Å². The number of carbonyl (C=O) groups is 2. The van der Waals surface area contributed by atoms with Gasteiger partial charge >= 0.3 is 12.2 Å². The lowest BCUT2D eigenvalue weighted by Gasteiger charge is -2.19. The lowest BCUT2D eigenvalue weighted by molar-refractivity contribution is 0.0478. The van der Waals surface area contributed by atoms with Gasteiger partial charge in [-0.2, -0.15) is 0 Å². The summed E-state index contributed by atoms with van der Waals surface area (Å²) in [5.74, 6) is 0.0724. The molecule has 2 heterocycles. The molecule has 2 amide bonds. The maximum atomic E-state index is 13.2. The van der Waals surface area contributed by atoms with Crippen LogP contribution in [0.5, 0.6) is 0 Å². The zero-order valence-electron chi connectivity index (χ0n) is 25.5. The third-order valence-electron chi connectivity index (χ3n) is 6.44. The highest BCUT2D eigenvalue weighted by molar-refractivity contribution is 7.92. The van der Waals surface area contributed by atoms with Crippen molar-refractivity contribution in [3.8, 4) is 11.3 Å². The van der Waals surface area contributed by atoms with Gasteiger partial charge in [0.1, 0.15) is 12.2 Å². The van der Waals surface area contributed by atoms with E-state index in [0.29, 0.717) is 17.0 Å². The minimum atomic E-state index is -4.03. The molecule has 5 rings (SSSR count). The van der Waals surface area contributed by atoms with Crippen molar-refractivity contribution in [3.05, 3.63) is 85.3 Å². The fraction of sp³-hybridized carbons (Fsp3) is 0.250. The Balaban J connectivity index is 1.12. The first-order valence-corrected chi connectivity index (χ1v) is 15.9. The van der Waals surface area contributed by atoms with E-state index in [2.05, 4.69) is 25.3 Å². The molecule has 240 valence electrons. The van der Waals surface area contributed by atoms with Crippen LogP contribution in [0.3, 0.4) is 0 Å². The smallest absolute Gasteiger partial charge is 0.411 e. The minimum absolute atomic E-state index is 0.0243. The molecular formula is C32H34N6O7S. The van der Waals surface area contributed by atoms with Crippen LogP contribution in [0.2, 0.25) is 0 Å². The summed E-state index contributed by atoms with van der Waals surface area (Å²) < 4.78 is 46.2. The summed E-state index contributed by atoms with van der Waals surface area (Å²) in [6.07, 6.45) is 3.72. The summed E-state index contributed by atoms with van der Waals surface area (Å²) in [4.78, 5) is 32.6. The van der Waals surface area contributed by atoms with E-state index < -0.39 is 27.8 Å². The van der Waals surface area contributed by atoms with Crippen LogP contribution in [0, 0.1) is 0 Å². The zero-order valence-corrected chi connectivity index (χ0v) is 26.3. The standard InChI is InChI=1S/C32H34N6O7S/c1-32(2,3)45-30(39)34-15-17-43-18-19-44-31(40)35-25-10-12-26(13-11-25)46(41,42)37-28-29-36-27(21-38(29)16-14-33-28)24-9-8-22-6-4-5-7-23(22)20-24/h4-14,16,20-21H,15,17-19H2,1-3H3,(H,33,37)(H,34,39)(H,35,40). The molecule has 5 aromatic rings. The zero-order chi connectivity index (χ0) is 32.7. The van der Waals surface area contributed by atoms with E-state index in [0.717, 1.165) is 16.3 Å². The van der Waals surface area contributed by atoms with Crippen molar-refractivity contribution in [1.82, 2.24) is 19.7 Å². The summed E-state index contributed by atoms with van der Waals surface area (Å²) in [6.45, 7) is 5.85. The normalized spacial score (nSPS) is 11.7. The predicted octanol–water partition coefficient (Wildman–Crippen LogP) is 5.44. The number of amides is 2. The van der Waals surface area contributed by atoms with Crippen LogP contribution in [-0.2, 0) is 24.2 Å². The number of carbonyl (C=O) groups excluding carboxylic acids is 2. The highest BCUT2D eigenvalue weighted by atomic mass is 32.2. The monoisotopic (exact) mass is 646 g/mol. The van der Waals surface area contributed by atoms with Gasteiger partial charge in [-0.3, -0.25) is 10.0 Å². The van der Waals surface area contributed by atoms with Crippen molar-refractivity contribution in [2.24, 2.45) is 0 Å². The molecule has 0 aliphatic carbocycles. The molecule has 0 unspecified atom stereocenters. The van der Waals surface area contributed by atoms with Crippen LogP contribution in [0.15, 0.2) is 90.2 Å². The second kappa shape index (κ2) is 13.8. The van der Waals surface area contributed by atoms with Crippen molar-refractivity contribution in [1.29, 1.82) is 0 Å². The van der Waals surface area contributed by atoms with Gasteiger partial charge in [0.25, 0.3) is 10.0 Å². The number of aromatic nitrogens is 3. The summed E-state index contributed by atoms with van der Waals surface area (Å²) in [5.41, 5.74) is 1.65. The van der Waals surface area contributed by atoms with Crippen molar-refractivity contribution in [3.63, 3.8) is 0 Å². The van der Waals surface area contributed by atoms with Crippen LogP contribution < -0.4 is 15.4 Å². The Labute approximate surface area is 266 Å². The van der Waals surface area contributed by atoms with E-state index in [1.807, 2.05) is 48.7 Å². The highest BCUT2D eigenvalue weighted by Gasteiger charge is 2.19. The van der Waals surface area contributed by atoms with E-state index in [1.165, 1.54) is 30.5 Å². The highest BCUT2D eigenvalue weighted by Crippen LogP contribution is 2.27. The van der Waals surface area contributed by atoms with Gasteiger partial charge in [0, 0.05) is 36.4 Å². The number of nitrogens with one attached hydrogen (secondary N) is 3. The molecule has 14 heteroatoms. The molecule has 0 aliphatic rings. The Morgan fingerprint density at radius 1 is 0.913 bits per heavy atom. The van der Waals surface area contributed by atoms with Crippen molar-refractivity contribution in [2.45, 2.75) is 31.3 Å². The first kappa shape index (κ1) is 32.2. The molecule has 3 N–H and O–H groups in total. The Morgan fingerprint density at radius 3 is 2.43 bits per heavy atom. The van der Waals surface area contributed by atoms with E-state index in [1.54, 1.807) is 31.4 Å². The summed E-state index contributed by atoms with van der Waals surface area (Å²) in [6, 6.07) is 19.6. The largest absolute Gasteiger partial charge is 0.447 e. The van der Waals surface area contributed by atoms with Gasteiger partial charge < -0.3 is 23.9 Å². The van der Waals surface area contributed by atoms with Crippen molar-refractivity contribution >= 4 is 50.1 Å². The second-order valence-corrected chi connectivity index (χ2v) is 12.8. The number of fused-ring (bicyclic) bond motifs is 2. The van der Waals surface area contributed by atoms with Gasteiger partial charge in [-0.15, -0.1) is 0 Å². The Kier molecular flexibility index (Phi) is 9.68. The summed E-state index contributed by atoms with van der Waals surface area (Å²) in [5, 5.41) is 7.26. The van der Waals surface area contributed by atoms with Gasteiger partial charge in [-0.1, -0.05) is 36.4 Å². The van der Waals surface area contributed by atoms with Crippen LogP contribution in [-0.4, -0.2) is 66.9 Å². The van der Waals surface area contributed by atoms with Gasteiger partial charge in [-0.25, -0.2) is 28.0 Å². The maximum absolute atomic E-state index is 13.2. The number of benzene rings is 3. The molecule has 2 aromatic heterocycles. The van der Waals surface area contributed by atoms with Gasteiger partial charge in [0.05, 0.1) is 23.8 Å². The molecule has 0 atom stereocenters. The SMILES string of the molecule is CC(C)(C)OC(=O)NCCOCCOC(=O)Nc1ccc(S(=O)(=O)Nc2nccn3cc(-c4ccc5ccccc5c4)nc23)cc1. The average molecular weight is 647 g/mol. The molecule has 0 saturated carbocycles. The lowest BCUT2D eigenvalue weighted by Crippen LogP contribution is -2.34. The predicted molar refractivity (Wildman–Crippen MR) is 173 cm³/mol. The van der Waals surface area contributed by atoms with Crippen molar-refractivity contribution in [2.75, 3.05) is 36.4 Å². The molecule has 0 saturated heterocycles. The molecule has 3 aromatic carbocycles. The number of rotatable bonds is 11. The molecule has 0 radical (unpaired) electrons. The topological polar surface area (TPSA) is 162 Å². The molecular weight excluding hydrogens is 612 g/mol. The van der Waals surface area contributed by atoms with Crippen LogP contribution in [0.4, 0.5) is 21.1 Å². The van der Waals surface area contributed by atoms with E-state index in [9.17, 15) is 18.0 Å². The van der Waals surface area contributed by atoms with Crippen LogP contribution in [0.25, 0.3) is 27.7 Å². The second-order valence-electron chi connectivity index (χ2n) is 11.1. The molecule has 0 aliphatic heterocycles. The van der Waals surface area contributed by atoms with E-state index in [-0.39, 0.29) is 37.1 Å². The number of sulfonamides is 1. The Morgan fingerprint density at radius 2 is 1.67 bits per heavy atom. The van der Waals surface area contributed by atoms with E-state index >= 15 is 0 Å². The number of alkyl carbamates (subject to hydrolysis) is 1. The molecule has 13 nitrogen and oxygen atoms in total. The average Bonchev–Trinajstić information content (AvgIpc) is 3.45. The fourth-order valence-corrected chi connectivity index (χ4v) is 5.38. The molecule has 46 heavy (non-hydrogen) atoms. The third-order valence-corrected chi connectivity index (χ3v) is 7.79. The quantitative estimate of drug-likeness (QED) is 0.159. The number of hydrogen-bond acceptors (Lipinski definition) is 9. The van der Waals surface area contributed by atoms with Crippen molar-refractivity contribution < 1.29 is 32.2 Å². The minimum Gasteiger partial charge on any atom is -0.447 e. The van der Waals surface area contributed by atoms with E-state index in [4.69, 9.17) is 14.2 Å². The lowest BCUT2D eigenvalue weighted by atomic mass is 10.1. The maximum Gasteiger partial charge on any atom is 0.411 e. The van der Waals surface area contributed by atoms with Gasteiger partial charge in [0.2, 0.25) is 0 Å². The number of nitrogens with zero attached hydrogens (tertiary/aromatic N) is 3. The number of hydrogen-bond donors (Lipinski definition) is 3. The van der Waals surface area contributed by atoms with Gasteiger partial charge in [0.15, 0.2) is 11.5 Å². The number of imidazole rings is 1. The number of ether oxygens (including phenoxy) is 3. The first-order chi connectivity index (χ1) is 22.0. The summed E-state index contributed by atoms with van der Waals surface area (Å²) >= 11 is 0. The summed E-state index contributed by atoms with van der Waals surface area (Å²) in [7, 11) is -4.03. The Bertz CT molecular complexity index is 1950. The number of anilines is 2. The third kappa shape index (κ3) is 8.49. The van der Waals surface area contributed by atoms with Crippen LogP contribution in [0.1, 0.15) is 20.8 Å². The first-order valence-electron chi connectivity index (χ1n) is 14.4. The molecule has 0 spiro atoms. The molecule has 0 bridgehead atoms. The van der Waals surface area contributed by atoms with Crippen LogP contribution >= 0.6 is 0 Å². The Hall–Kier alpha value is -5.21. The fourth-order valence-electron chi connectivity index (χ4n) is 4.37.